The maximum atomic E-state index is 11.6. The third kappa shape index (κ3) is 2.89. The van der Waals surface area contributed by atoms with Gasteiger partial charge in [-0.2, -0.15) is 0 Å². The first-order valence-electron chi connectivity index (χ1n) is 5.80. The number of nitrogens with zero attached hydrogens (tertiary/aromatic N) is 1. The molecule has 2 amide bonds. The molecule has 0 aromatic carbocycles. The Bertz CT molecular complexity index is 431. The van der Waals surface area contributed by atoms with Crippen molar-refractivity contribution in [2.75, 3.05) is 19.6 Å². The number of β-amino-alcohol motifs (C(OH)–C–C–N with tert-alkyl or cyclic N) is 1. The summed E-state index contributed by atoms with van der Waals surface area (Å²) < 4.78 is 4.92. The molecule has 0 bridgehead atoms. The van der Waals surface area contributed by atoms with Crippen LogP contribution in [0.4, 0.5) is 0 Å². The van der Waals surface area contributed by atoms with Gasteiger partial charge in [0.05, 0.1) is 25.0 Å². The lowest BCUT2D eigenvalue weighted by Crippen LogP contribution is -2.61. The van der Waals surface area contributed by atoms with Gasteiger partial charge in [-0.25, -0.2) is 0 Å². The van der Waals surface area contributed by atoms with Crippen molar-refractivity contribution in [3.8, 4) is 0 Å². The van der Waals surface area contributed by atoms with E-state index in [-0.39, 0.29) is 30.5 Å². The zero-order chi connectivity index (χ0) is 13.2. The fourth-order valence-electron chi connectivity index (χ4n) is 1.89. The molecule has 98 valence electrons. The molecule has 2 N–H and O–H groups in total. The van der Waals surface area contributed by atoms with Crippen LogP contribution in [0.5, 0.6) is 0 Å². The highest BCUT2D eigenvalue weighted by Crippen LogP contribution is 2.20. The molecule has 1 aromatic rings. The van der Waals surface area contributed by atoms with E-state index in [4.69, 9.17) is 4.42 Å². The maximum absolute atomic E-state index is 11.6. The molecule has 1 aromatic heterocycles. The summed E-state index contributed by atoms with van der Waals surface area (Å²) in [6, 6.07) is 3.19. The second-order valence-corrected chi connectivity index (χ2v) is 4.73. The van der Waals surface area contributed by atoms with E-state index in [1.165, 1.54) is 6.26 Å². The van der Waals surface area contributed by atoms with E-state index in [1.54, 1.807) is 24.0 Å². The Labute approximate surface area is 105 Å². The van der Waals surface area contributed by atoms with E-state index >= 15 is 0 Å². The zero-order valence-corrected chi connectivity index (χ0v) is 10.2. The molecule has 6 nitrogen and oxygen atoms in total. The predicted octanol–water partition coefficient (Wildman–Crippen LogP) is -0.00730. The molecule has 0 aliphatic carbocycles. The molecule has 6 heteroatoms. The monoisotopic (exact) mass is 252 g/mol. The minimum absolute atomic E-state index is 0.0683. The lowest BCUT2D eigenvalue weighted by molar-refractivity contribution is -0.152. The predicted molar refractivity (Wildman–Crippen MR) is 62.9 cm³/mol. The first-order valence-corrected chi connectivity index (χ1v) is 5.80. The summed E-state index contributed by atoms with van der Waals surface area (Å²) >= 11 is 0. The molecule has 0 unspecified atom stereocenters. The van der Waals surface area contributed by atoms with Crippen LogP contribution in [0.25, 0.3) is 0 Å². The van der Waals surface area contributed by atoms with Crippen molar-refractivity contribution < 1.29 is 19.1 Å². The highest BCUT2D eigenvalue weighted by Gasteiger charge is 2.38. The molecule has 2 rings (SSSR count). The van der Waals surface area contributed by atoms with Crippen LogP contribution in [0.15, 0.2) is 22.8 Å². The number of furan rings is 1. The molecule has 0 saturated carbocycles. The summed E-state index contributed by atoms with van der Waals surface area (Å²) in [7, 11) is 0. The Morgan fingerprint density at radius 3 is 2.83 bits per heavy atom. The van der Waals surface area contributed by atoms with Gasteiger partial charge >= 0.3 is 0 Å². The van der Waals surface area contributed by atoms with E-state index in [0.717, 1.165) is 0 Å². The summed E-state index contributed by atoms with van der Waals surface area (Å²) in [5.74, 6) is -0.168. The standard InChI is InChI=1S/C12H16N2O4/c1-12(17)7-14(8-12)10(15)4-5-13-11(16)9-3-2-6-18-9/h2-3,6,17H,4-5,7-8H2,1H3,(H,13,16). The number of hydrogen-bond acceptors (Lipinski definition) is 4. The first kappa shape index (κ1) is 12.6. The number of carbonyl (C=O) groups is 2. The third-order valence-electron chi connectivity index (χ3n) is 2.79. The minimum Gasteiger partial charge on any atom is -0.459 e. The number of rotatable bonds is 4. The molecule has 1 aliphatic rings. The van der Waals surface area contributed by atoms with E-state index < -0.39 is 5.60 Å². The van der Waals surface area contributed by atoms with Crippen molar-refractivity contribution in [3.63, 3.8) is 0 Å². The highest BCUT2D eigenvalue weighted by molar-refractivity contribution is 5.91. The van der Waals surface area contributed by atoms with Crippen molar-refractivity contribution in [2.24, 2.45) is 0 Å². The second-order valence-electron chi connectivity index (χ2n) is 4.73. The molecular weight excluding hydrogens is 236 g/mol. The molecular formula is C12H16N2O4. The molecule has 18 heavy (non-hydrogen) atoms. The number of carbonyl (C=O) groups excluding carboxylic acids is 2. The fraction of sp³-hybridized carbons (Fsp3) is 0.500. The van der Waals surface area contributed by atoms with Gasteiger partial charge in [0.2, 0.25) is 5.91 Å². The lowest BCUT2D eigenvalue weighted by Gasteiger charge is -2.44. The Hall–Kier alpha value is -1.82. The van der Waals surface area contributed by atoms with E-state index in [1.807, 2.05) is 0 Å². The van der Waals surface area contributed by atoms with Gasteiger partial charge in [0.1, 0.15) is 0 Å². The van der Waals surface area contributed by atoms with Crippen LogP contribution >= 0.6 is 0 Å². The molecule has 0 atom stereocenters. The molecule has 1 saturated heterocycles. The van der Waals surface area contributed by atoms with Gasteiger partial charge < -0.3 is 19.7 Å². The van der Waals surface area contributed by atoms with E-state index in [9.17, 15) is 14.7 Å². The van der Waals surface area contributed by atoms with Gasteiger partial charge in [0.15, 0.2) is 5.76 Å². The first-order chi connectivity index (χ1) is 8.48. The Balaban J connectivity index is 1.67. The Morgan fingerprint density at radius 2 is 2.28 bits per heavy atom. The van der Waals surface area contributed by atoms with Gasteiger partial charge in [-0.3, -0.25) is 9.59 Å². The topological polar surface area (TPSA) is 82.8 Å². The minimum atomic E-state index is -0.757. The molecule has 2 heterocycles. The average molecular weight is 252 g/mol. The van der Waals surface area contributed by atoms with E-state index in [2.05, 4.69) is 5.32 Å². The largest absolute Gasteiger partial charge is 0.459 e. The summed E-state index contributed by atoms with van der Waals surface area (Å²) in [6.07, 6.45) is 1.64. The summed E-state index contributed by atoms with van der Waals surface area (Å²) in [5.41, 5.74) is -0.757. The number of nitrogens with one attached hydrogen (secondary N) is 1. The SMILES string of the molecule is CC1(O)CN(C(=O)CCNC(=O)c2ccco2)C1. The van der Waals surface area contributed by atoms with Crippen LogP contribution in [-0.4, -0.2) is 47.1 Å². The molecule has 1 fully saturated rings. The molecule has 0 radical (unpaired) electrons. The van der Waals surface area contributed by atoms with Crippen molar-refractivity contribution in [3.05, 3.63) is 24.2 Å². The number of hydrogen-bond donors (Lipinski definition) is 2. The van der Waals surface area contributed by atoms with Crippen LogP contribution in [0, 0.1) is 0 Å². The van der Waals surface area contributed by atoms with Crippen LogP contribution in [0.1, 0.15) is 23.9 Å². The third-order valence-corrected chi connectivity index (χ3v) is 2.79. The van der Waals surface area contributed by atoms with Crippen LogP contribution in [0.3, 0.4) is 0 Å². The quantitative estimate of drug-likeness (QED) is 0.789. The number of amides is 2. The Kier molecular flexibility index (Phi) is 3.38. The highest BCUT2D eigenvalue weighted by atomic mass is 16.3. The van der Waals surface area contributed by atoms with Gasteiger partial charge in [0.25, 0.3) is 5.91 Å². The lowest BCUT2D eigenvalue weighted by atomic mass is 9.96. The summed E-state index contributed by atoms with van der Waals surface area (Å²) in [4.78, 5) is 24.7. The normalized spacial score (nSPS) is 17.1. The fourth-order valence-corrected chi connectivity index (χ4v) is 1.89. The number of likely N-dealkylation sites (tertiary alicyclic amines) is 1. The van der Waals surface area contributed by atoms with Gasteiger partial charge in [-0.1, -0.05) is 0 Å². The number of aliphatic hydroxyl groups is 1. The second kappa shape index (κ2) is 4.81. The van der Waals surface area contributed by atoms with Crippen LogP contribution in [0.2, 0.25) is 0 Å². The van der Waals surface area contributed by atoms with Crippen LogP contribution in [-0.2, 0) is 4.79 Å². The zero-order valence-electron chi connectivity index (χ0n) is 10.2. The van der Waals surface area contributed by atoms with Gasteiger partial charge in [-0.15, -0.1) is 0 Å². The van der Waals surface area contributed by atoms with Gasteiger partial charge in [-0.05, 0) is 19.1 Å². The van der Waals surface area contributed by atoms with E-state index in [0.29, 0.717) is 13.1 Å². The summed E-state index contributed by atoms with van der Waals surface area (Å²) in [6.45, 7) is 2.67. The summed E-state index contributed by atoms with van der Waals surface area (Å²) in [5, 5.41) is 12.1. The average Bonchev–Trinajstić information content (AvgIpc) is 2.78. The molecule has 0 spiro atoms. The smallest absolute Gasteiger partial charge is 0.286 e. The Morgan fingerprint density at radius 1 is 1.56 bits per heavy atom. The van der Waals surface area contributed by atoms with Crippen molar-refractivity contribution >= 4 is 11.8 Å². The molecule has 1 aliphatic heterocycles. The van der Waals surface area contributed by atoms with Gasteiger partial charge in [0, 0.05) is 13.0 Å². The van der Waals surface area contributed by atoms with Crippen LogP contribution < -0.4 is 5.32 Å². The van der Waals surface area contributed by atoms with Crippen molar-refractivity contribution in [1.29, 1.82) is 0 Å². The van der Waals surface area contributed by atoms with Crippen molar-refractivity contribution in [1.82, 2.24) is 10.2 Å². The maximum Gasteiger partial charge on any atom is 0.286 e. The van der Waals surface area contributed by atoms with Crippen molar-refractivity contribution in [2.45, 2.75) is 18.9 Å².